The zero-order chi connectivity index (χ0) is 9.26. The average Bonchev–Trinajstić information content (AvgIpc) is 2.89. The summed E-state index contributed by atoms with van der Waals surface area (Å²) in [6, 6.07) is 1.63. The van der Waals surface area contributed by atoms with Crippen LogP contribution in [0.5, 0.6) is 5.75 Å². The molecule has 1 heterocycles. The van der Waals surface area contributed by atoms with Crippen LogP contribution in [0.1, 0.15) is 23.3 Å². The third kappa shape index (κ3) is 1.77. The van der Waals surface area contributed by atoms with Crippen molar-refractivity contribution >= 4 is 12.0 Å². The van der Waals surface area contributed by atoms with E-state index in [0.29, 0.717) is 23.4 Å². The van der Waals surface area contributed by atoms with Gasteiger partial charge < -0.3 is 10.5 Å². The standard InChI is InChI=1S/C9H10N2O2/c10-6-3-9(13-7-1-2-7)8(5-12)11-4-6/h3-5,7H,1-2,10H2. The van der Waals surface area contributed by atoms with Crippen molar-refractivity contribution in [2.24, 2.45) is 0 Å². The summed E-state index contributed by atoms with van der Waals surface area (Å²) in [6.07, 6.45) is 4.48. The predicted molar refractivity (Wildman–Crippen MR) is 47.7 cm³/mol. The fourth-order valence-electron chi connectivity index (χ4n) is 1.02. The summed E-state index contributed by atoms with van der Waals surface area (Å²) in [4.78, 5) is 14.4. The summed E-state index contributed by atoms with van der Waals surface area (Å²) < 4.78 is 5.45. The SMILES string of the molecule is Nc1cnc(C=O)c(OC2CC2)c1. The van der Waals surface area contributed by atoms with Crippen LogP contribution in [0.25, 0.3) is 0 Å². The second-order valence-electron chi connectivity index (χ2n) is 3.09. The first-order chi connectivity index (χ1) is 6.29. The van der Waals surface area contributed by atoms with Crippen LogP contribution in [0.15, 0.2) is 12.3 Å². The van der Waals surface area contributed by atoms with Crippen molar-refractivity contribution in [3.05, 3.63) is 18.0 Å². The van der Waals surface area contributed by atoms with Gasteiger partial charge in [-0.25, -0.2) is 4.98 Å². The number of aldehydes is 1. The average molecular weight is 178 g/mol. The number of aromatic nitrogens is 1. The van der Waals surface area contributed by atoms with Crippen LogP contribution in [0, 0.1) is 0 Å². The Morgan fingerprint density at radius 2 is 2.38 bits per heavy atom. The zero-order valence-electron chi connectivity index (χ0n) is 7.06. The lowest BCUT2D eigenvalue weighted by molar-refractivity contribution is 0.111. The van der Waals surface area contributed by atoms with Gasteiger partial charge in [0, 0.05) is 6.07 Å². The lowest BCUT2D eigenvalue weighted by Crippen LogP contribution is -2.02. The molecule has 1 fully saturated rings. The monoisotopic (exact) mass is 178 g/mol. The van der Waals surface area contributed by atoms with Crippen LogP contribution in [0.3, 0.4) is 0 Å². The maximum absolute atomic E-state index is 10.6. The molecule has 1 aliphatic rings. The summed E-state index contributed by atoms with van der Waals surface area (Å²) in [6.45, 7) is 0. The molecule has 0 unspecified atom stereocenters. The van der Waals surface area contributed by atoms with Gasteiger partial charge in [-0.2, -0.15) is 0 Å². The van der Waals surface area contributed by atoms with Crippen molar-refractivity contribution in [3.63, 3.8) is 0 Å². The number of hydrogen-bond donors (Lipinski definition) is 1. The van der Waals surface area contributed by atoms with Crippen LogP contribution >= 0.6 is 0 Å². The molecule has 4 nitrogen and oxygen atoms in total. The highest BCUT2D eigenvalue weighted by Crippen LogP contribution is 2.28. The van der Waals surface area contributed by atoms with Crippen molar-refractivity contribution in [2.75, 3.05) is 5.73 Å². The molecule has 1 aromatic heterocycles. The maximum Gasteiger partial charge on any atom is 0.172 e. The molecule has 13 heavy (non-hydrogen) atoms. The van der Waals surface area contributed by atoms with Gasteiger partial charge in [-0.05, 0) is 12.8 Å². The highest BCUT2D eigenvalue weighted by atomic mass is 16.5. The van der Waals surface area contributed by atoms with E-state index in [0.717, 1.165) is 12.8 Å². The molecule has 0 radical (unpaired) electrons. The van der Waals surface area contributed by atoms with Crippen LogP contribution in [0.2, 0.25) is 0 Å². The Kier molecular flexibility index (Phi) is 1.88. The van der Waals surface area contributed by atoms with E-state index in [9.17, 15) is 4.79 Å². The highest BCUT2D eigenvalue weighted by Gasteiger charge is 2.24. The van der Waals surface area contributed by atoms with Gasteiger partial charge in [0.1, 0.15) is 5.69 Å². The second kappa shape index (κ2) is 3.05. The molecule has 0 aliphatic heterocycles. The molecule has 0 atom stereocenters. The smallest absolute Gasteiger partial charge is 0.172 e. The summed E-state index contributed by atoms with van der Waals surface area (Å²) in [5.41, 5.74) is 6.36. The fraction of sp³-hybridized carbons (Fsp3) is 0.333. The summed E-state index contributed by atoms with van der Waals surface area (Å²) in [5, 5.41) is 0. The van der Waals surface area contributed by atoms with E-state index in [2.05, 4.69) is 4.98 Å². The Bertz CT molecular complexity index is 334. The van der Waals surface area contributed by atoms with E-state index < -0.39 is 0 Å². The third-order valence-corrected chi connectivity index (χ3v) is 1.83. The van der Waals surface area contributed by atoms with Gasteiger partial charge in [0.05, 0.1) is 18.0 Å². The number of rotatable bonds is 3. The molecule has 0 aromatic carbocycles. The topological polar surface area (TPSA) is 65.2 Å². The van der Waals surface area contributed by atoms with E-state index in [-0.39, 0.29) is 6.10 Å². The summed E-state index contributed by atoms with van der Waals surface area (Å²) in [7, 11) is 0. The maximum atomic E-state index is 10.6. The molecule has 0 spiro atoms. The lowest BCUT2D eigenvalue weighted by atomic mass is 10.3. The molecule has 1 aromatic rings. The molecule has 2 rings (SSSR count). The molecular formula is C9H10N2O2. The number of hydrogen-bond acceptors (Lipinski definition) is 4. The van der Waals surface area contributed by atoms with Crippen LogP contribution in [0.4, 0.5) is 5.69 Å². The molecule has 4 heteroatoms. The number of nitrogens with two attached hydrogens (primary N) is 1. The van der Waals surface area contributed by atoms with Gasteiger partial charge >= 0.3 is 0 Å². The second-order valence-corrected chi connectivity index (χ2v) is 3.09. The normalized spacial score (nSPS) is 15.4. The summed E-state index contributed by atoms with van der Waals surface area (Å²) in [5.74, 6) is 0.498. The summed E-state index contributed by atoms with van der Waals surface area (Å²) >= 11 is 0. The number of nitrogens with zero attached hydrogens (tertiary/aromatic N) is 1. The minimum Gasteiger partial charge on any atom is -0.488 e. The van der Waals surface area contributed by atoms with E-state index in [1.54, 1.807) is 6.07 Å². The van der Waals surface area contributed by atoms with E-state index in [1.165, 1.54) is 6.20 Å². The van der Waals surface area contributed by atoms with Crippen molar-refractivity contribution in [1.82, 2.24) is 4.98 Å². The first kappa shape index (κ1) is 8.04. The van der Waals surface area contributed by atoms with Crippen molar-refractivity contribution in [3.8, 4) is 5.75 Å². The fourth-order valence-corrected chi connectivity index (χ4v) is 1.02. The Balaban J connectivity index is 2.27. The minimum atomic E-state index is 0.252. The first-order valence-electron chi connectivity index (χ1n) is 4.17. The van der Waals surface area contributed by atoms with Crippen LogP contribution in [-0.4, -0.2) is 17.4 Å². The Hall–Kier alpha value is -1.58. The van der Waals surface area contributed by atoms with E-state index in [4.69, 9.17) is 10.5 Å². The molecular weight excluding hydrogens is 168 g/mol. The molecule has 0 bridgehead atoms. The van der Waals surface area contributed by atoms with Crippen molar-refractivity contribution in [1.29, 1.82) is 0 Å². The Labute approximate surface area is 75.7 Å². The molecule has 1 saturated carbocycles. The molecule has 0 amide bonds. The van der Waals surface area contributed by atoms with Gasteiger partial charge in [0.15, 0.2) is 12.0 Å². The Morgan fingerprint density at radius 3 is 3.00 bits per heavy atom. The quantitative estimate of drug-likeness (QED) is 0.702. The van der Waals surface area contributed by atoms with Gasteiger partial charge in [-0.1, -0.05) is 0 Å². The van der Waals surface area contributed by atoms with Crippen molar-refractivity contribution in [2.45, 2.75) is 18.9 Å². The molecule has 0 saturated heterocycles. The Morgan fingerprint density at radius 1 is 1.62 bits per heavy atom. The van der Waals surface area contributed by atoms with Crippen LogP contribution in [-0.2, 0) is 0 Å². The number of ether oxygens (including phenoxy) is 1. The molecule has 1 aliphatic carbocycles. The highest BCUT2D eigenvalue weighted by molar-refractivity contribution is 5.77. The van der Waals surface area contributed by atoms with Gasteiger partial charge in [0.25, 0.3) is 0 Å². The zero-order valence-corrected chi connectivity index (χ0v) is 7.06. The van der Waals surface area contributed by atoms with Gasteiger partial charge in [-0.3, -0.25) is 4.79 Å². The largest absolute Gasteiger partial charge is 0.488 e. The lowest BCUT2D eigenvalue weighted by Gasteiger charge is -2.06. The molecule has 2 N–H and O–H groups in total. The van der Waals surface area contributed by atoms with Gasteiger partial charge in [0.2, 0.25) is 0 Å². The van der Waals surface area contributed by atoms with Crippen molar-refractivity contribution < 1.29 is 9.53 Å². The van der Waals surface area contributed by atoms with Gasteiger partial charge in [-0.15, -0.1) is 0 Å². The first-order valence-corrected chi connectivity index (χ1v) is 4.17. The number of pyridine rings is 1. The molecule has 68 valence electrons. The number of carbonyl (C=O) groups is 1. The number of carbonyl (C=O) groups excluding carboxylic acids is 1. The number of anilines is 1. The van der Waals surface area contributed by atoms with E-state index >= 15 is 0 Å². The van der Waals surface area contributed by atoms with Crippen LogP contribution < -0.4 is 10.5 Å². The third-order valence-electron chi connectivity index (χ3n) is 1.83. The minimum absolute atomic E-state index is 0.252. The van der Waals surface area contributed by atoms with E-state index in [1.807, 2.05) is 0 Å². The number of nitrogen functional groups attached to an aromatic ring is 1. The predicted octanol–water partition coefficient (Wildman–Crippen LogP) is 1.02.